The lowest BCUT2D eigenvalue weighted by atomic mass is 9.90. The summed E-state index contributed by atoms with van der Waals surface area (Å²) in [6.45, 7) is 8.03. The van der Waals surface area contributed by atoms with Gasteiger partial charge in [-0.25, -0.2) is 0 Å². The molecule has 0 unspecified atom stereocenters. The summed E-state index contributed by atoms with van der Waals surface area (Å²) in [7, 11) is 0. The second-order valence-electron chi connectivity index (χ2n) is 5.30. The van der Waals surface area contributed by atoms with E-state index in [0.717, 1.165) is 35.1 Å². The first-order valence-electron chi connectivity index (χ1n) is 7.13. The number of phenols is 2. The van der Waals surface area contributed by atoms with Crippen molar-refractivity contribution in [3.05, 3.63) is 46.5 Å². The van der Waals surface area contributed by atoms with Crippen LogP contribution in [0.3, 0.4) is 0 Å². The molecule has 0 fully saturated rings. The van der Waals surface area contributed by atoms with Gasteiger partial charge in [-0.3, -0.25) is 0 Å². The van der Waals surface area contributed by atoms with Crippen LogP contribution in [0.2, 0.25) is 0 Å². The molecule has 2 heteroatoms. The van der Waals surface area contributed by atoms with Crippen molar-refractivity contribution in [2.45, 2.75) is 40.5 Å². The van der Waals surface area contributed by atoms with Crippen LogP contribution in [0.4, 0.5) is 0 Å². The number of hydrogen-bond donors (Lipinski definition) is 2. The Bertz CT molecular complexity index is 585. The highest BCUT2D eigenvalue weighted by molar-refractivity contribution is 5.75. The molecule has 2 nitrogen and oxygen atoms in total. The van der Waals surface area contributed by atoms with Crippen molar-refractivity contribution in [2.75, 3.05) is 0 Å². The van der Waals surface area contributed by atoms with E-state index in [1.807, 2.05) is 38.1 Å². The lowest BCUT2D eigenvalue weighted by Crippen LogP contribution is -1.95. The van der Waals surface area contributed by atoms with Crippen molar-refractivity contribution in [3.8, 4) is 22.6 Å². The zero-order valence-corrected chi connectivity index (χ0v) is 12.6. The Balaban J connectivity index is 2.73. The molecule has 0 atom stereocenters. The van der Waals surface area contributed by atoms with Crippen LogP contribution in [-0.4, -0.2) is 10.2 Å². The third-order valence-corrected chi connectivity index (χ3v) is 3.90. The second-order valence-corrected chi connectivity index (χ2v) is 5.30. The van der Waals surface area contributed by atoms with Gasteiger partial charge in [0.2, 0.25) is 0 Å². The lowest BCUT2D eigenvalue weighted by Gasteiger charge is -2.16. The molecule has 0 aliphatic heterocycles. The molecular weight excluding hydrogens is 248 g/mol. The average Bonchev–Trinajstić information content (AvgIpc) is 2.43. The fourth-order valence-corrected chi connectivity index (χ4v) is 2.60. The summed E-state index contributed by atoms with van der Waals surface area (Å²) in [6, 6.07) is 7.69. The molecular formula is C18H22O2. The van der Waals surface area contributed by atoms with Gasteiger partial charge in [-0.1, -0.05) is 26.0 Å². The normalized spacial score (nSPS) is 10.8. The Kier molecular flexibility index (Phi) is 4.03. The summed E-state index contributed by atoms with van der Waals surface area (Å²) in [5.41, 5.74) is 6.20. The molecule has 0 saturated carbocycles. The molecule has 2 aromatic carbocycles. The van der Waals surface area contributed by atoms with E-state index in [2.05, 4.69) is 13.8 Å². The van der Waals surface area contributed by atoms with Gasteiger partial charge in [-0.05, 0) is 72.2 Å². The number of rotatable bonds is 3. The highest BCUT2D eigenvalue weighted by Gasteiger charge is 2.13. The standard InChI is InChI=1S/C18H22O2/c1-5-13-7-11(3)17(19)9-15(13)16-10-18(20)12(4)8-14(16)6-2/h7-10,19-20H,5-6H2,1-4H3. The van der Waals surface area contributed by atoms with Crippen LogP contribution in [-0.2, 0) is 12.8 Å². The van der Waals surface area contributed by atoms with Gasteiger partial charge >= 0.3 is 0 Å². The summed E-state index contributed by atoms with van der Waals surface area (Å²) in [5, 5.41) is 20.0. The molecule has 0 aromatic heterocycles. The largest absolute Gasteiger partial charge is 0.508 e. The molecule has 0 saturated heterocycles. The fourth-order valence-electron chi connectivity index (χ4n) is 2.60. The van der Waals surface area contributed by atoms with Crippen LogP contribution < -0.4 is 0 Å². The van der Waals surface area contributed by atoms with Gasteiger partial charge in [0.25, 0.3) is 0 Å². The molecule has 0 heterocycles. The predicted molar refractivity (Wildman–Crippen MR) is 83.4 cm³/mol. The smallest absolute Gasteiger partial charge is 0.119 e. The van der Waals surface area contributed by atoms with Gasteiger partial charge in [0, 0.05) is 0 Å². The van der Waals surface area contributed by atoms with Crippen LogP contribution in [0.5, 0.6) is 11.5 Å². The molecule has 0 spiro atoms. The van der Waals surface area contributed by atoms with Crippen LogP contribution in [0.25, 0.3) is 11.1 Å². The van der Waals surface area contributed by atoms with Crippen molar-refractivity contribution in [2.24, 2.45) is 0 Å². The maximum absolute atomic E-state index is 10.0. The molecule has 0 amide bonds. The van der Waals surface area contributed by atoms with Crippen molar-refractivity contribution in [1.82, 2.24) is 0 Å². The van der Waals surface area contributed by atoms with Gasteiger partial charge < -0.3 is 10.2 Å². The molecule has 2 N–H and O–H groups in total. The summed E-state index contributed by atoms with van der Waals surface area (Å²) in [5.74, 6) is 0.610. The predicted octanol–water partition coefficient (Wildman–Crippen LogP) is 4.51. The van der Waals surface area contributed by atoms with E-state index >= 15 is 0 Å². The average molecular weight is 270 g/mol. The van der Waals surface area contributed by atoms with Crippen molar-refractivity contribution in [1.29, 1.82) is 0 Å². The van der Waals surface area contributed by atoms with E-state index in [-0.39, 0.29) is 0 Å². The first-order chi connectivity index (χ1) is 9.47. The van der Waals surface area contributed by atoms with Gasteiger partial charge in [0.05, 0.1) is 0 Å². The summed E-state index contributed by atoms with van der Waals surface area (Å²) in [6.07, 6.45) is 1.79. The van der Waals surface area contributed by atoms with Crippen molar-refractivity contribution < 1.29 is 10.2 Å². The maximum atomic E-state index is 10.0. The molecule has 2 rings (SSSR count). The summed E-state index contributed by atoms with van der Waals surface area (Å²) in [4.78, 5) is 0. The van der Waals surface area contributed by atoms with Crippen LogP contribution in [0.1, 0.15) is 36.1 Å². The lowest BCUT2D eigenvalue weighted by molar-refractivity contribution is 0.469. The molecule has 0 bridgehead atoms. The number of phenolic OH excluding ortho intramolecular Hbond substituents is 2. The van der Waals surface area contributed by atoms with E-state index in [1.54, 1.807) is 0 Å². The topological polar surface area (TPSA) is 40.5 Å². The highest BCUT2D eigenvalue weighted by atomic mass is 16.3. The van der Waals surface area contributed by atoms with Gasteiger partial charge in [-0.2, -0.15) is 0 Å². The second kappa shape index (κ2) is 5.58. The Hall–Kier alpha value is -1.96. The molecule has 20 heavy (non-hydrogen) atoms. The molecule has 0 radical (unpaired) electrons. The Labute approximate surface area is 120 Å². The van der Waals surface area contributed by atoms with E-state index in [4.69, 9.17) is 0 Å². The zero-order chi connectivity index (χ0) is 14.9. The maximum Gasteiger partial charge on any atom is 0.119 e. The quantitative estimate of drug-likeness (QED) is 0.861. The first-order valence-corrected chi connectivity index (χ1v) is 7.13. The van der Waals surface area contributed by atoms with Crippen molar-refractivity contribution >= 4 is 0 Å². The zero-order valence-electron chi connectivity index (χ0n) is 12.6. The van der Waals surface area contributed by atoms with E-state index in [0.29, 0.717) is 11.5 Å². The third-order valence-electron chi connectivity index (χ3n) is 3.90. The van der Waals surface area contributed by atoms with Gasteiger partial charge in [0.15, 0.2) is 0 Å². The Morgan fingerprint density at radius 2 is 1.05 bits per heavy atom. The SMILES string of the molecule is CCc1cc(C)c(O)cc1-c1cc(O)c(C)cc1CC. The number of aryl methyl sites for hydroxylation is 4. The first kappa shape index (κ1) is 14.4. The number of aromatic hydroxyl groups is 2. The van der Waals surface area contributed by atoms with Crippen LogP contribution >= 0.6 is 0 Å². The van der Waals surface area contributed by atoms with Crippen LogP contribution in [0, 0.1) is 13.8 Å². The minimum atomic E-state index is 0.305. The minimum absolute atomic E-state index is 0.305. The Morgan fingerprint density at radius 3 is 1.35 bits per heavy atom. The molecule has 0 aliphatic rings. The van der Waals surface area contributed by atoms with E-state index in [9.17, 15) is 10.2 Å². The van der Waals surface area contributed by atoms with Gasteiger partial charge in [0.1, 0.15) is 11.5 Å². The Morgan fingerprint density at radius 1 is 0.700 bits per heavy atom. The monoisotopic (exact) mass is 270 g/mol. The third kappa shape index (κ3) is 2.51. The molecule has 106 valence electrons. The minimum Gasteiger partial charge on any atom is -0.508 e. The van der Waals surface area contributed by atoms with E-state index < -0.39 is 0 Å². The van der Waals surface area contributed by atoms with Crippen LogP contribution in [0.15, 0.2) is 24.3 Å². The fraction of sp³-hybridized carbons (Fsp3) is 0.333. The summed E-state index contributed by atoms with van der Waals surface area (Å²) < 4.78 is 0. The summed E-state index contributed by atoms with van der Waals surface area (Å²) >= 11 is 0. The number of hydrogen-bond acceptors (Lipinski definition) is 2. The van der Waals surface area contributed by atoms with Gasteiger partial charge in [-0.15, -0.1) is 0 Å². The van der Waals surface area contributed by atoms with Crippen molar-refractivity contribution in [3.63, 3.8) is 0 Å². The number of benzene rings is 2. The van der Waals surface area contributed by atoms with E-state index in [1.165, 1.54) is 11.1 Å². The molecule has 2 aromatic rings. The highest BCUT2D eigenvalue weighted by Crippen LogP contribution is 2.36. The molecule has 0 aliphatic carbocycles.